The number of aromatic nitrogens is 2. The molecule has 0 bridgehead atoms. The van der Waals surface area contributed by atoms with Gasteiger partial charge in [-0.15, -0.1) is 28.3 Å². The molecule has 1 saturated carbocycles. The van der Waals surface area contributed by atoms with Gasteiger partial charge >= 0.3 is 0 Å². The summed E-state index contributed by atoms with van der Waals surface area (Å²) in [4.78, 5) is 25.7. The summed E-state index contributed by atoms with van der Waals surface area (Å²) in [7, 11) is 0. The maximum Gasteiger partial charge on any atom is 0.231 e. The summed E-state index contributed by atoms with van der Waals surface area (Å²) in [6, 6.07) is 12.7. The fourth-order valence-electron chi connectivity index (χ4n) is 3.56. The van der Waals surface area contributed by atoms with E-state index in [2.05, 4.69) is 15.5 Å². The summed E-state index contributed by atoms with van der Waals surface area (Å²) in [5.41, 5.74) is 1.69. The minimum Gasteiger partial charge on any atom is -0.326 e. The number of alkyl halides is 2. The molecule has 4 rings (SSSR count). The Bertz CT molecular complexity index is 1230. The van der Waals surface area contributed by atoms with Crippen molar-refractivity contribution >= 4 is 87.0 Å². The maximum atomic E-state index is 12.9. The van der Waals surface area contributed by atoms with E-state index in [0.29, 0.717) is 27.0 Å². The molecule has 1 aromatic heterocycles. The van der Waals surface area contributed by atoms with Gasteiger partial charge in [0, 0.05) is 27.2 Å². The fourth-order valence-corrected chi connectivity index (χ4v) is 5.25. The monoisotopic (exact) mass is 561 g/mol. The lowest BCUT2D eigenvalue weighted by atomic mass is 10.1. The van der Waals surface area contributed by atoms with Crippen LogP contribution in [-0.2, 0) is 11.2 Å². The number of carbonyl (C=O) groups is 2. The molecule has 2 aromatic carbocycles. The predicted molar refractivity (Wildman–Crippen MR) is 132 cm³/mol. The van der Waals surface area contributed by atoms with Gasteiger partial charge in [0.2, 0.25) is 5.91 Å². The van der Waals surface area contributed by atoms with E-state index in [1.54, 1.807) is 36.4 Å². The van der Waals surface area contributed by atoms with Crippen LogP contribution in [0.4, 0.5) is 5.69 Å². The first kappa shape index (κ1) is 24.5. The van der Waals surface area contributed by atoms with Crippen molar-refractivity contribution in [3.05, 3.63) is 85.6 Å². The topological polar surface area (TPSA) is 72.0 Å². The zero-order chi connectivity index (χ0) is 23.9. The lowest BCUT2D eigenvalue weighted by molar-refractivity contribution is -0.117. The molecule has 11 heteroatoms. The number of benzene rings is 2. The van der Waals surface area contributed by atoms with Crippen molar-refractivity contribution in [2.24, 2.45) is 5.92 Å². The van der Waals surface area contributed by atoms with Crippen LogP contribution in [0.2, 0.25) is 20.2 Å². The van der Waals surface area contributed by atoms with Crippen molar-refractivity contribution in [1.29, 1.82) is 0 Å². The summed E-state index contributed by atoms with van der Waals surface area (Å²) in [6.45, 7) is 0. The molecular formula is C22H13Cl6N3O2. The second-order valence-electron chi connectivity index (χ2n) is 7.46. The number of carbonyl (C=O) groups excluding carboxylic acids is 2. The third kappa shape index (κ3) is 5.40. The largest absolute Gasteiger partial charge is 0.326 e. The van der Waals surface area contributed by atoms with Crippen LogP contribution in [0.25, 0.3) is 0 Å². The average molecular weight is 564 g/mol. The van der Waals surface area contributed by atoms with E-state index in [1.165, 1.54) is 12.1 Å². The molecule has 1 aliphatic carbocycles. The van der Waals surface area contributed by atoms with Crippen molar-refractivity contribution in [2.45, 2.75) is 16.7 Å². The molecule has 0 aliphatic heterocycles. The standard InChI is InChI=1S/C22H13Cl6N3O2/c23-11-5-10(6-12(24)7-11)19-20(22(19,27)28)21(33)29-13-1-3-16(25)15(8-13)17(32)9-14-2-4-18(26)31-30-14/h1-8,19-20H,9H2,(H,29,33). The molecule has 0 spiro atoms. The molecule has 0 saturated heterocycles. The molecule has 1 heterocycles. The number of hydrogen-bond acceptors (Lipinski definition) is 4. The molecular weight excluding hydrogens is 551 g/mol. The lowest BCUT2D eigenvalue weighted by Gasteiger charge is -2.09. The highest BCUT2D eigenvalue weighted by Crippen LogP contribution is 2.65. The minimum atomic E-state index is -1.32. The SMILES string of the molecule is O=C(Cc1ccc(Cl)nn1)c1cc(NC(=O)C2C(c3cc(Cl)cc(Cl)c3)C2(Cl)Cl)ccc1Cl. The highest BCUT2D eigenvalue weighted by molar-refractivity contribution is 6.53. The fraction of sp³-hybridized carbons (Fsp3) is 0.182. The van der Waals surface area contributed by atoms with E-state index in [0.717, 1.165) is 0 Å². The van der Waals surface area contributed by atoms with E-state index in [4.69, 9.17) is 69.6 Å². The molecule has 3 aromatic rings. The Kier molecular flexibility index (Phi) is 7.11. The average Bonchev–Trinajstić information content (AvgIpc) is 3.32. The van der Waals surface area contributed by atoms with Crippen molar-refractivity contribution in [1.82, 2.24) is 10.2 Å². The quantitative estimate of drug-likeness (QED) is 0.258. The first-order valence-electron chi connectivity index (χ1n) is 9.52. The van der Waals surface area contributed by atoms with Crippen molar-refractivity contribution in [3.8, 4) is 0 Å². The summed E-state index contributed by atoms with van der Waals surface area (Å²) in [5, 5.41) is 11.6. The molecule has 2 atom stereocenters. The van der Waals surface area contributed by atoms with E-state index in [1.807, 2.05) is 0 Å². The Morgan fingerprint density at radius 3 is 2.24 bits per heavy atom. The van der Waals surface area contributed by atoms with Crippen LogP contribution in [0.15, 0.2) is 48.5 Å². The van der Waals surface area contributed by atoms with Crippen molar-refractivity contribution < 1.29 is 9.59 Å². The van der Waals surface area contributed by atoms with Gasteiger partial charge in [-0.1, -0.05) is 46.4 Å². The first-order chi connectivity index (χ1) is 15.6. The summed E-state index contributed by atoms with van der Waals surface area (Å²) >= 11 is 36.9. The van der Waals surface area contributed by atoms with Gasteiger partial charge in [-0.3, -0.25) is 9.59 Å². The number of halogens is 6. The van der Waals surface area contributed by atoms with Gasteiger partial charge in [0.15, 0.2) is 10.9 Å². The summed E-state index contributed by atoms with van der Waals surface area (Å²) < 4.78 is -1.32. The van der Waals surface area contributed by atoms with Gasteiger partial charge < -0.3 is 5.32 Å². The van der Waals surface area contributed by atoms with Crippen LogP contribution in [0.5, 0.6) is 0 Å². The highest BCUT2D eigenvalue weighted by Gasteiger charge is 2.67. The van der Waals surface area contributed by atoms with E-state index < -0.39 is 22.1 Å². The van der Waals surface area contributed by atoms with Gasteiger partial charge in [-0.05, 0) is 54.1 Å². The van der Waals surface area contributed by atoms with E-state index >= 15 is 0 Å². The molecule has 5 nitrogen and oxygen atoms in total. The predicted octanol–water partition coefficient (Wildman–Crippen LogP) is 7.04. The molecule has 0 radical (unpaired) electrons. The maximum absolute atomic E-state index is 12.9. The molecule has 1 N–H and O–H groups in total. The number of hydrogen-bond donors (Lipinski definition) is 1. The number of Topliss-reactive ketones (excluding diaryl/α,β-unsaturated/α-hetero) is 1. The van der Waals surface area contributed by atoms with Crippen LogP contribution in [0.3, 0.4) is 0 Å². The minimum absolute atomic E-state index is 0.0337. The molecule has 170 valence electrons. The Balaban J connectivity index is 1.50. The van der Waals surface area contributed by atoms with Crippen LogP contribution < -0.4 is 5.32 Å². The lowest BCUT2D eigenvalue weighted by Crippen LogP contribution is -2.17. The smallest absolute Gasteiger partial charge is 0.231 e. The van der Waals surface area contributed by atoms with E-state index in [9.17, 15) is 9.59 Å². The Morgan fingerprint density at radius 2 is 1.61 bits per heavy atom. The third-order valence-electron chi connectivity index (χ3n) is 5.14. The third-order valence-corrected chi connectivity index (χ3v) is 7.05. The summed E-state index contributed by atoms with van der Waals surface area (Å²) in [6.07, 6.45) is -0.0337. The van der Waals surface area contributed by atoms with Gasteiger partial charge in [-0.25, -0.2) is 0 Å². The molecule has 1 amide bonds. The van der Waals surface area contributed by atoms with Crippen LogP contribution >= 0.6 is 69.6 Å². The first-order valence-corrected chi connectivity index (χ1v) is 11.8. The Hall–Kier alpha value is -1.60. The van der Waals surface area contributed by atoms with Crippen LogP contribution in [0, 0.1) is 5.92 Å². The van der Waals surface area contributed by atoms with Gasteiger partial charge in [-0.2, -0.15) is 5.10 Å². The number of nitrogens with one attached hydrogen (secondary N) is 1. The van der Waals surface area contributed by atoms with Gasteiger partial charge in [0.05, 0.1) is 23.1 Å². The zero-order valence-corrected chi connectivity index (χ0v) is 21.0. The van der Waals surface area contributed by atoms with E-state index in [-0.39, 0.29) is 27.9 Å². The normalized spacial score (nSPS) is 18.6. The van der Waals surface area contributed by atoms with Crippen molar-refractivity contribution in [2.75, 3.05) is 5.32 Å². The van der Waals surface area contributed by atoms with Crippen LogP contribution in [-0.4, -0.2) is 26.2 Å². The number of nitrogens with zero attached hydrogens (tertiary/aromatic N) is 2. The van der Waals surface area contributed by atoms with Gasteiger partial charge in [0.1, 0.15) is 4.33 Å². The number of ketones is 1. The highest BCUT2D eigenvalue weighted by atomic mass is 35.5. The molecule has 33 heavy (non-hydrogen) atoms. The Morgan fingerprint density at radius 1 is 0.909 bits per heavy atom. The second kappa shape index (κ2) is 9.57. The Labute approximate surface area is 219 Å². The van der Waals surface area contributed by atoms with Crippen molar-refractivity contribution in [3.63, 3.8) is 0 Å². The van der Waals surface area contributed by atoms with Gasteiger partial charge in [0.25, 0.3) is 0 Å². The number of rotatable bonds is 6. The number of anilines is 1. The summed E-state index contributed by atoms with van der Waals surface area (Å²) in [5.74, 6) is -1.94. The molecule has 1 fully saturated rings. The zero-order valence-electron chi connectivity index (χ0n) is 16.5. The number of amides is 1. The molecule has 2 unspecified atom stereocenters. The van der Waals surface area contributed by atoms with Crippen LogP contribution in [0.1, 0.15) is 27.5 Å². The molecule has 1 aliphatic rings. The second-order valence-corrected chi connectivity index (χ2v) is 10.6.